The van der Waals surface area contributed by atoms with E-state index in [1.54, 1.807) is 42.7 Å². The monoisotopic (exact) mass is 1500 g/mol. The fraction of sp³-hybridized carbons (Fsp3) is 0.190. The predicted octanol–water partition coefficient (Wildman–Crippen LogP) is 15.9. The van der Waals surface area contributed by atoms with Gasteiger partial charge in [0.1, 0.15) is 51.8 Å². The molecule has 1 amide bonds. The van der Waals surface area contributed by atoms with Crippen LogP contribution in [0.5, 0.6) is 34.5 Å². The Kier molecular flexibility index (Phi) is 24.7. The molecule has 3 aromatic heterocycles. The number of nitrogen functional groups attached to an aromatic ring is 2. The molecule has 5 aromatic carbocycles. The molecule has 0 spiro atoms. The number of carbonyl (C=O) groups is 2. The lowest BCUT2D eigenvalue weighted by Crippen LogP contribution is -2.41. The summed E-state index contributed by atoms with van der Waals surface area (Å²) in [6, 6.07) is 28.1. The standard InChI is InChI=1S/C19H11BrF2N2O3.C12H9BrN2O2.C11H17BN2O2.C7H4Br2O2.C7H3ClF2O.CH2Cl2.CH4/c20-12-7-16-15(26-9-27-16)6-11(12)10-4-5-17(23-8-10)24-19(25)18-13(21)2-1-3-14(18)22;13-9-4-11-10(16-6-17-11)3-8(9)7-1-2-12(14)15-5-7;1-10(2)11(3,4)16-12(15-10)8-5-6-9(13)14-7-8;8-4-1-6-7(2-5(4)9)11-3-10-6;8-7(11)6-4(9)2-1-3-5(6)10;2-1-3;/h1-8H,9H2,(H,23,24,25);1-5H,6H2,(H2,14,15);5-7H,1-4H3,(H2,13,14);1-2H,3H2;1-3H;1H2;1H4. The molecule has 0 bridgehead atoms. The van der Waals surface area contributed by atoms with E-state index in [1.807, 2.05) is 70.2 Å². The Balaban J connectivity index is 0.000000176. The number of benzene rings is 5. The third kappa shape index (κ3) is 17.6. The van der Waals surface area contributed by atoms with Crippen molar-refractivity contribution in [3.05, 3.63) is 180 Å². The first-order chi connectivity index (χ1) is 40.4. The summed E-state index contributed by atoms with van der Waals surface area (Å²) < 4.78 is 99.6. The second-order valence-electron chi connectivity index (χ2n) is 18.5. The van der Waals surface area contributed by atoms with E-state index >= 15 is 0 Å². The number of rotatable bonds is 6. The number of ether oxygens (including phenoxy) is 6. The lowest BCUT2D eigenvalue weighted by molar-refractivity contribution is 0.00578. The number of hydrogen-bond donors (Lipinski definition) is 3. The van der Waals surface area contributed by atoms with Crippen LogP contribution in [0.1, 0.15) is 55.8 Å². The molecule has 0 radical (unpaired) electrons. The summed E-state index contributed by atoms with van der Waals surface area (Å²) >= 11 is 28.1. The van der Waals surface area contributed by atoms with Crippen molar-refractivity contribution in [3.8, 4) is 56.8 Å². The molecule has 0 atom stereocenters. The van der Waals surface area contributed by atoms with Gasteiger partial charge < -0.3 is 54.5 Å². The lowest BCUT2D eigenvalue weighted by Gasteiger charge is -2.32. The van der Waals surface area contributed by atoms with Crippen molar-refractivity contribution in [3.63, 3.8) is 0 Å². The smallest absolute Gasteiger partial charge is 0.454 e. The van der Waals surface area contributed by atoms with Crippen LogP contribution in [0.25, 0.3) is 22.3 Å². The van der Waals surface area contributed by atoms with Crippen molar-refractivity contribution < 1.29 is 64.9 Å². The summed E-state index contributed by atoms with van der Waals surface area (Å²) in [5, 5.41) is 1.46. The van der Waals surface area contributed by atoms with Crippen molar-refractivity contribution >= 4 is 140 Å². The topological polar surface area (TPSA) is 211 Å². The lowest BCUT2D eigenvalue weighted by atomic mass is 9.80. The predicted molar refractivity (Wildman–Crippen MR) is 338 cm³/mol. The highest BCUT2D eigenvalue weighted by atomic mass is 79.9. The van der Waals surface area contributed by atoms with Crippen LogP contribution in [0.2, 0.25) is 0 Å². The Hall–Kier alpha value is -6.42. The van der Waals surface area contributed by atoms with Gasteiger partial charge >= 0.3 is 7.12 Å². The largest absolute Gasteiger partial charge is 0.496 e. The zero-order chi connectivity index (χ0) is 61.8. The summed E-state index contributed by atoms with van der Waals surface area (Å²) in [6.45, 7) is 8.86. The Labute approximate surface area is 541 Å². The maximum Gasteiger partial charge on any atom is 0.496 e. The molecular formula is C58H50BBr4Cl3F4N6O10. The Morgan fingerprint density at radius 1 is 0.547 bits per heavy atom. The van der Waals surface area contributed by atoms with Gasteiger partial charge in [-0.3, -0.25) is 9.59 Å². The molecule has 12 rings (SSSR count). The molecule has 4 aliphatic rings. The Morgan fingerprint density at radius 3 is 1.26 bits per heavy atom. The molecule has 0 unspecified atom stereocenters. The minimum atomic E-state index is -1.12. The van der Waals surface area contributed by atoms with Crippen LogP contribution in [0.4, 0.5) is 35.0 Å². The van der Waals surface area contributed by atoms with Crippen LogP contribution in [0.3, 0.4) is 0 Å². The van der Waals surface area contributed by atoms with Gasteiger partial charge in [-0.25, -0.2) is 32.5 Å². The van der Waals surface area contributed by atoms with E-state index in [-0.39, 0.29) is 50.5 Å². The van der Waals surface area contributed by atoms with Crippen LogP contribution in [0.15, 0.2) is 146 Å². The molecule has 7 heterocycles. The number of alkyl halides is 2. The quantitative estimate of drug-likeness (QED) is 0.0612. The van der Waals surface area contributed by atoms with Gasteiger partial charge in [0.2, 0.25) is 20.4 Å². The molecule has 0 aliphatic carbocycles. The minimum absolute atomic E-state index is 0. The molecular weight excluding hydrogens is 1450 g/mol. The van der Waals surface area contributed by atoms with E-state index in [1.165, 1.54) is 12.3 Å². The number of fused-ring (bicyclic) bond motifs is 3. The first-order valence-corrected chi connectivity index (χ1v) is 29.2. The maximum absolute atomic E-state index is 13.7. The summed E-state index contributed by atoms with van der Waals surface area (Å²) in [4.78, 5) is 34.8. The number of nitrogens with zero attached hydrogens (tertiary/aromatic N) is 3. The molecule has 8 aromatic rings. The highest BCUT2D eigenvalue weighted by Crippen LogP contribution is 2.43. The van der Waals surface area contributed by atoms with Crippen molar-refractivity contribution in [2.24, 2.45) is 0 Å². The molecule has 4 aliphatic heterocycles. The summed E-state index contributed by atoms with van der Waals surface area (Å²) in [6.07, 6.45) is 4.96. The molecule has 28 heteroatoms. The molecule has 1 fully saturated rings. The SMILES string of the molecule is Brc1cc2c(cc1Br)OCO2.C.CC1(C)OB(c2ccc(N)nc2)OC1(C)C.ClCCl.Nc1ccc(-c2cc3c(cc2Br)OCO3)cn1.O=C(Cl)c1c(F)cccc1F.O=C(Nc1ccc(-c2cc3c(cc2Br)OCO3)cn1)c1c(F)cccc1F. The van der Waals surface area contributed by atoms with Crippen LogP contribution >= 0.6 is 98.5 Å². The highest BCUT2D eigenvalue weighted by Gasteiger charge is 2.51. The number of carbonyl (C=O) groups excluding carboxylic acids is 2. The molecule has 452 valence electrons. The van der Waals surface area contributed by atoms with Gasteiger partial charge in [0, 0.05) is 64.2 Å². The first kappa shape index (κ1) is 68.7. The number of amides is 1. The maximum atomic E-state index is 13.7. The van der Waals surface area contributed by atoms with Crippen molar-refractivity contribution in [2.45, 2.75) is 46.3 Å². The van der Waals surface area contributed by atoms with Gasteiger partial charge in [0.05, 0.1) is 16.5 Å². The van der Waals surface area contributed by atoms with E-state index < -0.39 is 45.5 Å². The Bertz CT molecular complexity index is 3610. The van der Waals surface area contributed by atoms with Crippen LogP contribution in [-0.4, -0.2) is 70.1 Å². The minimum Gasteiger partial charge on any atom is -0.454 e. The van der Waals surface area contributed by atoms with Crippen molar-refractivity contribution in [1.82, 2.24) is 15.0 Å². The first-order valence-electron chi connectivity index (χ1n) is 24.6. The van der Waals surface area contributed by atoms with Crippen LogP contribution in [0, 0.1) is 23.3 Å². The number of halogens is 11. The van der Waals surface area contributed by atoms with Gasteiger partial charge in [-0.15, -0.1) is 23.2 Å². The summed E-state index contributed by atoms with van der Waals surface area (Å²) in [7, 11) is -0.363. The van der Waals surface area contributed by atoms with E-state index in [0.717, 1.165) is 98.9 Å². The zero-order valence-corrected chi connectivity index (χ0v) is 53.4. The summed E-state index contributed by atoms with van der Waals surface area (Å²) in [5.41, 5.74) is 13.6. The molecule has 86 heavy (non-hydrogen) atoms. The van der Waals surface area contributed by atoms with Crippen molar-refractivity contribution in [2.75, 3.05) is 42.5 Å². The molecule has 16 nitrogen and oxygen atoms in total. The van der Waals surface area contributed by atoms with Gasteiger partial charge in [-0.1, -0.05) is 57.5 Å². The number of pyridine rings is 3. The van der Waals surface area contributed by atoms with Crippen LogP contribution in [-0.2, 0) is 9.31 Å². The number of hydrogen-bond acceptors (Lipinski definition) is 15. The van der Waals surface area contributed by atoms with Gasteiger partial charge in [-0.05, 0) is 162 Å². The number of aromatic nitrogens is 3. The average Bonchev–Trinajstić information content (AvgIpc) is 2.02. The Morgan fingerprint density at radius 2 is 0.907 bits per heavy atom. The van der Waals surface area contributed by atoms with Crippen LogP contribution < -0.4 is 50.7 Å². The van der Waals surface area contributed by atoms with Gasteiger partial charge in [-0.2, -0.15) is 0 Å². The average molecular weight is 1500 g/mol. The molecule has 1 saturated heterocycles. The third-order valence-corrected chi connectivity index (χ3v) is 15.8. The van der Waals surface area contributed by atoms with Gasteiger partial charge in [0.25, 0.3) is 11.1 Å². The number of nitrogens with one attached hydrogen (secondary N) is 1. The molecule has 0 saturated carbocycles. The zero-order valence-electron chi connectivity index (χ0n) is 44.8. The van der Waals surface area contributed by atoms with E-state index in [0.29, 0.717) is 29.9 Å². The normalized spacial score (nSPS) is 13.7. The second kappa shape index (κ2) is 31.0. The highest BCUT2D eigenvalue weighted by molar-refractivity contribution is 9.13. The fourth-order valence-electron chi connectivity index (χ4n) is 7.48. The third-order valence-electron chi connectivity index (χ3n) is 12.4. The molecule has 5 N–H and O–H groups in total. The van der Waals surface area contributed by atoms with E-state index in [9.17, 15) is 27.2 Å². The number of anilines is 3. The second-order valence-corrected chi connectivity index (χ2v) is 23.1. The van der Waals surface area contributed by atoms with E-state index in [2.05, 4.69) is 84.0 Å². The van der Waals surface area contributed by atoms with E-state index in [4.69, 9.17) is 84.0 Å². The summed E-state index contributed by atoms with van der Waals surface area (Å²) in [5.74, 6) is 0.875. The number of nitrogens with two attached hydrogens (primary N) is 2. The fourth-order valence-corrected chi connectivity index (χ4v) is 9.40. The van der Waals surface area contributed by atoms with Crippen molar-refractivity contribution in [1.29, 1.82) is 0 Å². The van der Waals surface area contributed by atoms with Gasteiger partial charge in [0.15, 0.2) is 34.5 Å².